The number of halogens is 1. The van der Waals surface area contributed by atoms with Crippen LogP contribution in [0.5, 0.6) is 5.75 Å². The molecule has 1 heterocycles. The molecule has 1 aromatic heterocycles. The fourth-order valence-electron chi connectivity index (χ4n) is 1.73. The Hall–Kier alpha value is -2.08. The van der Waals surface area contributed by atoms with Gasteiger partial charge in [0.05, 0.1) is 29.0 Å². The number of hydrogen-bond acceptors (Lipinski definition) is 4. The van der Waals surface area contributed by atoms with Crippen LogP contribution in [0.25, 0.3) is 0 Å². The van der Waals surface area contributed by atoms with E-state index in [1.165, 1.54) is 0 Å². The molecule has 2 rings (SSSR count). The lowest BCUT2D eigenvalue weighted by atomic mass is 10.2. The molecule has 0 fully saturated rings. The minimum absolute atomic E-state index is 0.200. The van der Waals surface area contributed by atoms with E-state index in [1.807, 2.05) is 0 Å². The summed E-state index contributed by atoms with van der Waals surface area (Å²) >= 11 is 3.38. The molecule has 2 aromatic rings. The van der Waals surface area contributed by atoms with Crippen molar-refractivity contribution in [1.82, 2.24) is 4.98 Å². The summed E-state index contributed by atoms with van der Waals surface area (Å²) in [5.41, 5.74) is 1.90. The van der Waals surface area contributed by atoms with Gasteiger partial charge in [-0.05, 0) is 40.2 Å². The Bertz CT molecular complexity index is 632. The molecule has 0 spiro atoms. The number of carbonyl (C=O) groups is 1. The summed E-state index contributed by atoms with van der Waals surface area (Å²) in [6, 6.07) is 7.02. The van der Waals surface area contributed by atoms with Gasteiger partial charge in [0.25, 0.3) is 5.91 Å². The highest BCUT2D eigenvalue weighted by atomic mass is 79.9. The Morgan fingerprint density at radius 2 is 2.15 bits per heavy atom. The minimum Gasteiger partial charge on any atom is -0.496 e. The first-order chi connectivity index (χ1) is 9.65. The van der Waals surface area contributed by atoms with Crippen molar-refractivity contribution in [2.24, 2.45) is 0 Å². The topological polar surface area (TPSA) is 63.2 Å². The lowest BCUT2D eigenvalue weighted by molar-refractivity contribution is 0.102. The van der Waals surface area contributed by atoms with E-state index in [2.05, 4.69) is 31.5 Å². The molecule has 0 bridgehead atoms. The first-order valence-electron chi connectivity index (χ1n) is 5.92. The second-order valence-corrected chi connectivity index (χ2v) is 4.83. The molecule has 0 saturated heterocycles. The number of methoxy groups -OCH3 is 1. The summed E-state index contributed by atoms with van der Waals surface area (Å²) in [5.74, 6) is 0.511. The van der Waals surface area contributed by atoms with Gasteiger partial charge in [0.2, 0.25) is 0 Å². The van der Waals surface area contributed by atoms with Gasteiger partial charge in [-0.2, -0.15) is 0 Å². The van der Waals surface area contributed by atoms with Crippen LogP contribution >= 0.6 is 15.9 Å². The average molecular weight is 336 g/mol. The average Bonchev–Trinajstić information content (AvgIpc) is 2.47. The van der Waals surface area contributed by atoms with Crippen LogP contribution in [0.1, 0.15) is 10.4 Å². The van der Waals surface area contributed by atoms with Gasteiger partial charge in [-0.15, -0.1) is 0 Å². The number of nitrogens with one attached hydrogen (secondary N) is 2. The van der Waals surface area contributed by atoms with Crippen LogP contribution in [0.15, 0.2) is 41.1 Å². The van der Waals surface area contributed by atoms with E-state index in [-0.39, 0.29) is 5.91 Å². The predicted molar refractivity (Wildman–Crippen MR) is 82.4 cm³/mol. The second-order valence-electron chi connectivity index (χ2n) is 3.97. The molecule has 0 atom stereocenters. The highest BCUT2D eigenvalue weighted by Crippen LogP contribution is 2.28. The van der Waals surface area contributed by atoms with Gasteiger partial charge in [0.15, 0.2) is 0 Å². The quantitative estimate of drug-likeness (QED) is 0.900. The smallest absolute Gasteiger partial charge is 0.257 e. The van der Waals surface area contributed by atoms with Gasteiger partial charge in [0.1, 0.15) is 5.75 Å². The molecule has 0 aliphatic rings. The van der Waals surface area contributed by atoms with Crippen molar-refractivity contribution in [3.05, 3.63) is 46.7 Å². The summed E-state index contributed by atoms with van der Waals surface area (Å²) in [7, 11) is 3.34. The first-order valence-corrected chi connectivity index (χ1v) is 6.71. The molecule has 5 nitrogen and oxygen atoms in total. The van der Waals surface area contributed by atoms with Crippen LogP contribution in [0, 0.1) is 0 Å². The van der Waals surface area contributed by atoms with Crippen LogP contribution in [-0.2, 0) is 0 Å². The molecule has 1 aromatic carbocycles. The lowest BCUT2D eigenvalue weighted by Crippen LogP contribution is -2.14. The molecule has 2 N–H and O–H groups in total. The molecule has 0 aliphatic carbocycles. The van der Waals surface area contributed by atoms with Crippen molar-refractivity contribution in [2.75, 3.05) is 24.8 Å². The summed E-state index contributed by atoms with van der Waals surface area (Å²) in [6.45, 7) is 0. The Morgan fingerprint density at radius 1 is 1.35 bits per heavy atom. The van der Waals surface area contributed by atoms with Crippen LogP contribution in [-0.4, -0.2) is 25.0 Å². The van der Waals surface area contributed by atoms with Gasteiger partial charge in [-0.1, -0.05) is 0 Å². The third-order valence-corrected chi connectivity index (χ3v) is 3.36. The Labute approximate surface area is 125 Å². The number of hydrogen-bond donors (Lipinski definition) is 2. The third kappa shape index (κ3) is 3.08. The number of rotatable bonds is 4. The van der Waals surface area contributed by atoms with E-state index < -0.39 is 0 Å². The van der Waals surface area contributed by atoms with Gasteiger partial charge in [-0.25, -0.2) is 0 Å². The van der Waals surface area contributed by atoms with E-state index in [9.17, 15) is 4.79 Å². The van der Waals surface area contributed by atoms with Crippen molar-refractivity contribution >= 4 is 33.2 Å². The second kappa shape index (κ2) is 6.38. The number of amides is 1. The number of anilines is 2. The van der Waals surface area contributed by atoms with Crippen LogP contribution < -0.4 is 15.4 Å². The maximum Gasteiger partial charge on any atom is 0.257 e. The van der Waals surface area contributed by atoms with Gasteiger partial charge in [0, 0.05) is 18.9 Å². The van der Waals surface area contributed by atoms with E-state index in [0.29, 0.717) is 22.7 Å². The number of pyridine rings is 1. The Morgan fingerprint density at radius 3 is 2.80 bits per heavy atom. The number of ether oxygens (including phenoxy) is 1. The summed E-state index contributed by atoms with van der Waals surface area (Å²) in [6.07, 6.45) is 3.19. The maximum atomic E-state index is 12.2. The van der Waals surface area contributed by atoms with Crippen LogP contribution in [0.3, 0.4) is 0 Å². The zero-order valence-electron chi connectivity index (χ0n) is 11.1. The fourth-order valence-corrected chi connectivity index (χ4v) is 2.27. The minimum atomic E-state index is -0.200. The predicted octanol–water partition coefficient (Wildman–Crippen LogP) is 3.15. The normalized spacial score (nSPS) is 9.95. The molecule has 1 amide bonds. The zero-order valence-corrected chi connectivity index (χ0v) is 12.7. The first kappa shape index (κ1) is 14.3. The van der Waals surface area contributed by atoms with Crippen molar-refractivity contribution < 1.29 is 9.53 Å². The van der Waals surface area contributed by atoms with E-state index in [1.54, 1.807) is 50.8 Å². The Balaban J connectivity index is 2.21. The fraction of sp³-hybridized carbons (Fsp3) is 0.143. The van der Waals surface area contributed by atoms with Gasteiger partial charge >= 0.3 is 0 Å². The highest BCUT2D eigenvalue weighted by molar-refractivity contribution is 9.10. The molecular weight excluding hydrogens is 322 g/mol. The van der Waals surface area contributed by atoms with Crippen molar-refractivity contribution in [1.29, 1.82) is 0 Å². The monoisotopic (exact) mass is 335 g/mol. The summed E-state index contributed by atoms with van der Waals surface area (Å²) < 4.78 is 5.93. The largest absolute Gasteiger partial charge is 0.496 e. The highest BCUT2D eigenvalue weighted by Gasteiger charge is 2.11. The van der Waals surface area contributed by atoms with Crippen molar-refractivity contribution in [2.45, 2.75) is 0 Å². The van der Waals surface area contributed by atoms with E-state index in [4.69, 9.17) is 4.74 Å². The third-order valence-electron chi connectivity index (χ3n) is 2.74. The Kier molecular flexibility index (Phi) is 4.57. The number of benzene rings is 1. The molecular formula is C14H14BrN3O2. The molecule has 104 valence electrons. The zero-order chi connectivity index (χ0) is 14.5. The number of nitrogens with zero attached hydrogens (tertiary/aromatic N) is 1. The number of carbonyl (C=O) groups excluding carboxylic acids is 1. The summed E-state index contributed by atoms with van der Waals surface area (Å²) in [5, 5.41) is 5.77. The molecule has 0 radical (unpaired) electrons. The lowest BCUT2D eigenvalue weighted by Gasteiger charge is -2.10. The number of aromatic nitrogens is 1. The maximum absolute atomic E-state index is 12.2. The van der Waals surface area contributed by atoms with E-state index in [0.717, 1.165) is 4.47 Å². The van der Waals surface area contributed by atoms with Gasteiger partial charge < -0.3 is 15.4 Å². The standard InChI is InChI=1S/C14H14BrN3O2/c1-16-12-8-17-6-5-10(12)14(19)18-9-3-4-13(20-2)11(15)7-9/h3-8,16H,1-2H3,(H,18,19). The molecule has 20 heavy (non-hydrogen) atoms. The molecule has 6 heteroatoms. The summed E-state index contributed by atoms with van der Waals surface area (Å²) in [4.78, 5) is 16.2. The SMILES string of the molecule is CNc1cnccc1C(=O)Nc1ccc(OC)c(Br)c1. The molecule has 0 unspecified atom stereocenters. The van der Waals surface area contributed by atoms with Crippen molar-refractivity contribution in [3.63, 3.8) is 0 Å². The van der Waals surface area contributed by atoms with Crippen molar-refractivity contribution in [3.8, 4) is 5.75 Å². The van der Waals surface area contributed by atoms with Gasteiger partial charge in [-0.3, -0.25) is 9.78 Å². The van der Waals surface area contributed by atoms with Crippen LogP contribution in [0.4, 0.5) is 11.4 Å². The van der Waals surface area contributed by atoms with E-state index >= 15 is 0 Å². The van der Waals surface area contributed by atoms with Crippen LogP contribution in [0.2, 0.25) is 0 Å². The molecule has 0 aliphatic heterocycles. The molecule has 0 saturated carbocycles.